The molecule has 0 bridgehead atoms. The van der Waals surface area contributed by atoms with Gasteiger partial charge in [0, 0.05) is 10.6 Å². The largest absolute Gasteiger partial charge is 0.496 e. The third-order valence-electron chi connectivity index (χ3n) is 3.89. The van der Waals surface area contributed by atoms with Crippen molar-refractivity contribution >= 4 is 29.2 Å². The summed E-state index contributed by atoms with van der Waals surface area (Å²) in [5.74, 6) is -0.375. The summed E-state index contributed by atoms with van der Waals surface area (Å²) in [4.78, 5) is 22.9. The lowest BCUT2D eigenvalue weighted by Crippen LogP contribution is -2.25. The molecule has 2 rings (SSSR count). The Hall–Kier alpha value is -3.06. The van der Waals surface area contributed by atoms with Crippen LogP contribution in [0.25, 0.3) is 0 Å². The van der Waals surface area contributed by atoms with Crippen LogP contribution in [0, 0.1) is 6.92 Å². The number of benzene rings is 2. The van der Waals surface area contributed by atoms with Gasteiger partial charge in [0.1, 0.15) is 11.5 Å². The van der Waals surface area contributed by atoms with Gasteiger partial charge in [0.25, 0.3) is 5.91 Å². The van der Waals surface area contributed by atoms with Crippen LogP contribution in [0.3, 0.4) is 0 Å². The third-order valence-corrected chi connectivity index (χ3v) is 4.31. The molecule has 0 heterocycles. The number of aliphatic carboxylic acids is 1. The zero-order valence-electron chi connectivity index (χ0n) is 15.8. The van der Waals surface area contributed by atoms with Crippen molar-refractivity contribution in [1.82, 2.24) is 5.43 Å². The number of amides is 1. The second kappa shape index (κ2) is 9.75. The molecule has 0 unspecified atom stereocenters. The van der Waals surface area contributed by atoms with Crippen LogP contribution < -0.4 is 14.9 Å². The number of hydrogen-bond acceptors (Lipinski definition) is 5. The van der Waals surface area contributed by atoms with Crippen LogP contribution in [-0.4, -0.2) is 36.4 Å². The van der Waals surface area contributed by atoms with E-state index in [9.17, 15) is 9.59 Å². The molecule has 2 aromatic carbocycles. The van der Waals surface area contributed by atoms with Crippen LogP contribution in [-0.2, 0) is 16.0 Å². The predicted molar refractivity (Wildman–Crippen MR) is 106 cm³/mol. The Balaban J connectivity index is 1.99. The lowest BCUT2D eigenvalue weighted by Gasteiger charge is -2.10. The Kier molecular flexibility index (Phi) is 7.40. The Morgan fingerprint density at radius 1 is 1.21 bits per heavy atom. The summed E-state index contributed by atoms with van der Waals surface area (Å²) in [6, 6.07) is 10.2. The zero-order chi connectivity index (χ0) is 20.7. The second-order valence-corrected chi connectivity index (χ2v) is 6.44. The van der Waals surface area contributed by atoms with Gasteiger partial charge in [0.15, 0.2) is 6.61 Å². The predicted octanol–water partition coefficient (Wildman–Crippen LogP) is 3.20. The van der Waals surface area contributed by atoms with Gasteiger partial charge in [0.2, 0.25) is 0 Å². The van der Waals surface area contributed by atoms with Crippen LogP contribution in [0.15, 0.2) is 41.5 Å². The molecule has 2 N–H and O–H groups in total. The minimum absolute atomic E-state index is 0.176. The first kappa shape index (κ1) is 21.2. The number of carboxylic acids is 1. The van der Waals surface area contributed by atoms with Gasteiger partial charge in [-0.3, -0.25) is 9.59 Å². The first-order valence-corrected chi connectivity index (χ1v) is 8.79. The number of hydrogen-bond donors (Lipinski definition) is 2. The minimum Gasteiger partial charge on any atom is -0.496 e. The number of nitrogens with one attached hydrogen (secondary N) is 1. The molecule has 0 saturated heterocycles. The number of nitrogens with zero attached hydrogens (tertiary/aromatic N) is 1. The lowest BCUT2D eigenvalue weighted by atomic mass is 10.0. The summed E-state index contributed by atoms with van der Waals surface area (Å²) in [6.07, 6.45) is -0.176. The fourth-order valence-corrected chi connectivity index (χ4v) is 2.52. The minimum atomic E-state index is -0.965. The van der Waals surface area contributed by atoms with Gasteiger partial charge in [-0.25, -0.2) is 5.43 Å². The van der Waals surface area contributed by atoms with Crippen LogP contribution in [0.5, 0.6) is 11.5 Å². The van der Waals surface area contributed by atoms with Crippen LogP contribution in [0.4, 0.5) is 0 Å². The van der Waals surface area contributed by atoms with Gasteiger partial charge in [-0.1, -0.05) is 11.6 Å². The molecule has 0 spiro atoms. The summed E-state index contributed by atoms with van der Waals surface area (Å²) in [5.41, 5.74) is 4.98. The number of ether oxygens (including phenoxy) is 2. The number of hydrazone groups is 1. The summed E-state index contributed by atoms with van der Waals surface area (Å²) in [7, 11) is 1.48. The molecule has 0 aliphatic rings. The topological polar surface area (TPSA) is 97.2 Å². The number of carbonyl (C=O) groups is 2. The van der Waals surface area contributed by atoms with Gasteiger partial charge in [-0.2, -0.15) is 5.10 Å². The SMILES string of the molecule is COc1ccc(/C(C)=N\NC(=O)COc2ccc(Cl)c(C)c2)cc1CC(=O)O. The van der Waals surface area contributed by atoms with Gasteiger partial charge < -0.3 is 14.6 Å². The summed E-state index contributed by atoms with van der Waals surface area (Å²) < 4.78 is 10.6. The van der Waals surface area contributed by atoms with Gasteiger partial charge in [0.05, 0.1) is 19.2 Å². The molecule has 1 amide bonds. The molecule has 0 atom stereocenters. The van der Waals surface area contributed by atoms with Crippen molar-refractivity contribution in [1.29, 1.82) is 0 Å². The highest BCUT2D eigenvalue weighted by Crippen LogP contribution is 2.22. The Morgan fingerprint density at radius 2 is 1.96 bits per heavy atom. The molecule has 0 radical (unpaired) electrons. The van der Waals surface area contributed by atoms with Crippen LogP contribution in [0.2, 0.25) is 5.02 Å². The van der Waals surface area contributed by atoms with Gasteiger partial charge in [-0.05, 0) is 61.4 Å². The summed E-state index contributed by atoms with van der Waals surface area (Å²) in [5, 5.41) is 13.7. The van der Waals surface area contributed by atoms with E-state index in [0.717, 1.165) is 5.56 Å². The van der Waals surface area contributed by atoms with Crippen LogP contribution in [0.1, 0.15) is 23.6 Å². The molecule has 2 aromatic rings. The van der Waals surface area contributed by atoms with Crippen molar-refractivity contribution in [2.75, 3.05) is 13.7 Å². The van der Waals surface area contributed by atoms with Gasteiger partial charge in [-0.15, -0.1) is 0 Å². The van der Waals surface area contributed by atoms with E-state index in [4.69, 9.17) is 26.2 Å². The molecule has 28 heavy (non-hydrogen) atoms. The van der Waals surface area contributed by atoms with Crippen molar-refractivity contribution in [3.05, 3.63) is 58.1 Å². The van der Waals surface area contributed by atoms with Crippen molar-refractivity contribution in [3.8, 4) is 11.5 Å². The summed E-state index contributed by atoms with van der Waals surface area (Å²) >= 11 is 5.95. The van der Waals surface area contributed by atoms with E-state index in [1.54, 1.807) is 43.3 Å². The van der Waals surface area contributed by atoms with E-state index >= 15 is 0 Å². The average Bonchev–Trinajstić information content (AvgIpc) is 2.66. The van der Waals surface area contributed by atoms with Gasteiger partial charge >= 0.3 is 5.97 Å². The quantitative estimate of drug-likeness (QED) is 0.520. The van der Waals surface area contributed by atoms with E-state index in [1.165, 1.54) is 7.11 Å². The molecule has 0 aliphatic carbocycles. The van der Waals surface area contributed by atoms with Crippen LogP contribution >= 0.6 is 11.6 Å². The van der Waals surface area contributed by atoms with Crippen molar-refractivity contribution in [2.24, 2.45) is 5.10 Å². The van der Waals surface area contributed by atoms with Crippen molar-refractivity contribution in [3.63, 3.8) is 0 Å². The monoisotopic (exact) mass is 404 g/mol. The highest BCUT2D eigenvalue weighted by Gasteiger charge is 2.10. The van der Waals surface area contributed by atoms with E-state index in [1.807, 2.05) is 6.92 Å². The number of carboxylic acid groups (broad SMARTS) is 1. The normalized spacial score (nSPS) is 11.1. The smallest absolute Gasteiger partial charge is 0.307 e. The first-order valence-electron chi connectivity index (χ1n) is 8.41. The maximum absolute atomic E-state index is 11.9. The Labute approximate surface area is 167 Å². The lowest BCUT2D eigenvalue weighted by molar-refractivity contribution is -0.136. The average molecular weight is 405 g/mol. The highest BCUT2D eigenvalue weighted by molar-refractivity contribution is 6.31. The number of carbonyl (C=O) groups excluding carboxylic acids is 1. The molecule has 0 saturated carbocycles. The third kappa shape index (κ3) is 5.99. The fourth-order valence-electron chi connectivity index (χ4n) is 2.40. The molecular formula is C20H21ClN2O5. The summed E-state index contributed by atoms with van der Waals surface area (Å²) in [6.45, 7) is 3.34. The molecule has 0 aliphatic heterocycles. The first-order chi connectivity index (χ1) is 13.3. The second-order valence-electron chi connectivity index (χ2n) is 6.03. The molecule has 148 valence electrons. The molecule has 7 nitrogen and oxygen atoms in total. The zero-order valence-corrected chi connectivity index (χ0v) is 16.5. The van der Waals surface area contributed by atoms with Crippen molar-refractivity contribution in [2.45, 2.75) is 20.3 Å². The van der Waals surface area contributed by atoms with E-state index in [2.05, 4.69) is 10.5 Å². The number of halogens is 1. The van der Waals surface area contributed by atoms with E-state index in [-0.39, 0.29) is 13.0 Å². The number of aryl methyl sites for hydroxylation is 1. The van der Waals surface area contributed by atoms with Crippen molar-refractivity contribution < 1.29 is 24.2 Å². The van der Waals surface area contributed by atoms with E-state index in [0.29, 0.717) is 33.4 Å². The Morgan fingerprint density at radius 3 is 2.61 bits per heavy atom. The Bertz CT molecular complexity index is 911. The standard InChI is InChI=1S/C20H21ClN2O5/c1-12-8-16(5-6-17(12)21)28-11-19(24)23-22-13(2)14-4-7-18(27-3)15(9-14)10-20(25)26/h4-9H,10-11H2,1-3H3,(H,23,24)(H,25,26)/b22-13-. The molecule has 8 heteroatoms. The number of methoxy groups -OCH3 is 1. The maximum Gasteiger partial charge on any atom is 0.307 e. The molecular weight excluding hydrogens is 384 g/mol. The number of rotatable bonds is 8. The maximum atomic E-state index is 11.9. The molecule has 0 fully saturated rings. The fraction of sp³-hybridized carbons (Fsp3) is 0.250. The molecule has 0 aromatic heterocycles. The van der Waals surface area contributed by atoms with E-state index < -0.39 is 11.9 Å². The highest BCUT2D eigenvalue weighted by atomic mass is 35.5.